The number of halogens is 1. The molecule has 3 rings (SSSR count). The van der Waals surface area contributed by atoms with Crippen LogP contribution in [-0.2, 0) is 4.74 Å². The van der Waals surface area contributed by atoms with Gasteiger partial charge in [-0.2, -0.15) is 0 Å². The number of nitrogens with one attached hydrogen (secondary N) is 1. The first-order chi connectivity index (χ1) is 8.34. The van der Waals surface area contributed by atoms with Crippen molar-refractivity contribution in [3.8, 4) is 0 Å². The van der Waals surface area contributed by atoms with Crippen LogP contribution in [0.5, 0.6) is 0 Å². The van der Waals surface area contributed by atoms with Crippen molar-refractivity contribution < 1.29 is 4.74 Å². The normalized spacial score (nSPS) is 18.5. The van der Waals surface area contributed by atoms with Gasteiger partial charge in [-0.05, 0) is 41.8 Å². The van der Waals surface area contributed by atoms with Gasteiger partial charge in [-0.3, -0.25) is 0 Å². The van der Waals surface area contributed by atoms with E-state index in [9.17, 15) is 0 Å². The lowest BCUT2D eigenvalue weighted by molar-refractivity contribution is 0.0584. The fourth-order valence-electron chi connectivity index (χ4n) is 2.62. The summed E-state index contributed by atoms with van der Waals surface area (Å²) in [5.74, 6) is 0.552. The number of ether oxygens (including phenoxy) is 1. The van der Waals surface area contributed by atoms with Crippen molar-refractivity contribution in [2.45, 2.75) is 18.9 Å². The summed E-state index contributed by atoms with van der Waals surface area (Å²) in [6, 6.07) is 8.68. The Bertz CT molecular complexity index is 505. The van der Waals surface area contributed by atoms with Crippen LogP contribution in [0.15, 0.2) is 30.5 Å². The number of aromatic amines is 1. The zero-order valence-corrected chi connectivity index (χ0v) is 11.1. The molecule has 0 aliphatic carbocycles. The van der Waals surface area contributed by atoms with Gasteiger partial charge in [-0.1, -0.05) is 12.1 Å². The molecule has 1 saturated heterocycles. The fraction of sp³-hybridized carbons (Fsp3) is 0.429. The lowest BCUT2D eigenvalue weighted by Gasteiger charge is -2.27. The van der Waals surface area contributed by atoms with Crippen LogP contribution in [0.2, 0.25) is 0 Å². The Labute approximate surface area is 113 Å². The Morgan fingerprint density at radius 3 is 2.78 bits per heavy atom. The molecule has 0 radical (unpaired) electrons. The number of H-pyrrole nitrogens is 1. The van der Waals surface area contributed by atoms with E-state index in [1.165, 1.54) is 16.5 Å². The van der Waals surface area contributed by atoms with E-state index in [-0.39, 0.29) is 18.4 Å². The molecular formula is C14H19ClN2O. The van der Waals surface area contributed by atoms with Gasteiger partial charge >= 0.3 is 0 Å². The number of benzene rings is 1. The van der Waals surface area contributed by atoms with Crippen molar-refractivity contribution in [1.29, 1.82) is 0 Å². The lowest BCUT2D eigenvalue weighted by Crippen LogP contribution is -2.27. The van der Waals surface area contributed by atoms with E-state index < -0.39 is 0 Å². The van der Waals surface area contributed by atoms with E-state index in [1.54, 1.807) is 0 Å². The molecule has 1 aromatic carbocycles. The molecule has 4 heteroatoms. The minimum atomic E-state index is 0. The summed E-state index contributed by atoms with van der Waals surface area (Å²) in [7, 11) is 0. The third-order valence-electron chi connectivity index (χ3n) is 3.74. The molecule has 0 unspecified atom stereocenters. The highest BCUT2D eigenvalue weighted by Crippen LogP contribution is 2.29. The van der Waals surface area contributed by atoms with E-state index in [4.69, 9.17) is 10.5 Å². The van der Waals surface area contributed by atoms with Gasteiger partial charge in [0.1, 0.15) is 0 Å². The van der Waals surface area contributed by atoms with Crippen molar-refractivity contribution in [2.24, 2.45) is 11.7 Å². The summed E-state index contributed by atoms with van der Waals surface area (Å²) >= 11 is 0. The van der Waals surface area contributed by atoms with Gasteiger partial charge in [0.2, 0.25) is 0 Å². The first kappa shape index (κ1) is 13.4. The third-order valence-corrected chi connectivity index (χ3v) is 3.74. The number of nitrogens with two attached hydrogens (primary N) is 1. The van der Waals surface area contributed by atoms with E-state index in [2.05, 4.69) is 29.2 Å². The first-order valence-corrected chi connectivity index (χ1v) is 6.25. The summed E-state index contributed by atoms with van der Waals surface area (Å²) in [6.07, 6.45) is 4.11. The maximum atomic E-state index is 6.36. The van der Waals surface area contributed by atoms with Crippen molar-refractivity contribution in [3.63, 3.8) is 0 Å². The van der Waals surface area contributed by atoms with Gasteiger partial charge in [0.05, 0.1) is 0 Å². The van der Waals surface area contributed by atoms with Crippen LogP contribution < -0.4 is 5.73 Å². The van der Waals surface area contributed by atoms with Crippen molar-refractivity contribution in [2.75, 3.05) is 13.2 Å². The van der Waals surface area contributed by atoms with Crippen molar-refractivity contribution >= 4 is 23.3 Å². The van der Waals surface area contributed by atoms with Crippen molar-refractivity contribution in [1.82, 2.24) is 4.98 Å². The maximum Gasteiger partial charge on any atom is 0.0469 e. The SMILES string of the molecule is Cl.N[C@@H](c1ccc2cc[nH]c2c1)C1CCOCC1. The van der Waals surface area contributed by atoms with Gasteiger partial charge in [-0.15, -0.1) is 12.4 Å². The second kappa shape index (κ2) is 5.74. The highest BCUT2D eigenvalue weighted by Gasteiger charge is 2.22. The van der Waals surface area contributed by atoms with Crippen LogP contribution in [0.25, 0.3) is 10.9 Å². The molecule has 0 spiro atoms. The number of rotatable bonds is 2. The summed E-state index contributed by atoms with van der Waals surface area (Å²) in [6.45, 7) is 1.70. The van der Waals surface area contributed by atoms with E-state index in [1.807, 2.05) is 6.20 Å². The largest absolute Gasteiger partial charge is 0.381 e. The molecule has 3 nitrogen and oxygen atoms in total. The minimum absolute atomic E-state index is 0. The summed E-state index contributed by atoms with van der Waals surface area (Å²) in [5.41, 5.74) is 8.76. The van der Waals surface area contributed by atoms with Gasteiger partial charge in [0.15, 0.2) is 0 Å². The average Bonchev–Trinajstić information content (AvgIpc) is 2.86. The molecule has 0 amide bonds. The van der Waals surface area contributed by atoms with Gasteiger partial charge in [0.25, 0.3) is 0 Å². The smallest absolute Gasteiger partial charge is 0.0469 e. The maximum absolute atomic E-state index is 6.36. The Kier molecular flexibility index (Phi) is 4.27. The van der Waals surface area contributed by atoms with Crippen LogP contribution in [-0.4, -0.2) is 18.2 Å². The molecule has 1 aliphatic heterocycles. The highest BCUT2D eigenvalue weighted by molar-refractivity contribution is 5.85. The number of fused-ring (bicyclic) bond motifs is 1. The molecule has 2 aromatic rings. The van der Waals surface area contributed by atoms with Crippen LogP contribution in [0.4, 0.5) is 0 Å². The van der Waals surface area contributed by atoms with Crippen LogP contribution >= 0.6 is 12.4 Å². The minimum Gasteiger partial charge on any atom is -0.381 e. The molecule has 1 aromatic heterocycles. The lowest BCUT2D eigenvalue weighted by atomic mass is 9.87. The Morgan fingerprint density at radius 1 is 1.22 bits per heavy atom. The molecule has 2 heterocycles. The topological polar surface area (TPSA) is 51.0 Å². The van der Waals surface area contributed by atoms with E-state index >= 15 is 0 Å². The molecule has 98 valence electrons. The highest BCUT2D eigenvalue weighted by atomic mass is 35.5. The predicted molar refractivity (Wildman–Crippen MR) is 76.0 cm³/mol. The zero-order valence-electron chi connectivity index (χ0n) is 10.3. The molecule has 0 saturated carbocycles. The average molecular weight is 267 g/mol. The molecule has 18 heavy (non-hydrogen) atoms. The van der Waals surface area contributed by atoms with Crippen molar-refractivity contribution in [3.05, 3.63) is 36.0 Å². The van der Waals surface area contributed by atoms with E-state index in [0.29, 0.717) is 5.92 Å². The molecular weight excluding hydrogens is 248 g/mol. The quantitative estimate of drug-likeness (QED) is 0.878. The van der Waals surface area contributed by atoms with Crippen LogP contribution in [0.1, 0.15) is 24.4 Å². The second-order valence-electron chi connectivity index (χ2n) is 4.80. The van der Waals surface area contributed by atoms with Crippen LogP contribution in [0.3, 0.4) is 0 Å². The third kappa shape index (κ3) is 2.53. The summed E-state index contributed by atoms with van der Waals surface area (Å²) in [4.78, 5) is 3.24. The number of hydrogen-bond donors (Lipinski definition) is 2. The Hall–Kier alpha value is -1.03. The molecule has 1 fully saturated rings. The standard InChI is InChI=1S/C14H18N2O.ClH/c15-14(11-4-7-17-8-5-11)12-2-1-10-3-6-16-13(10)9-12;/h1-3,6,9,11,14,16H,4-5,7-8,15H2;1H/t14-;/m1./s1. The Balaban J connectivity index is 0.00000120. The van der Waals surface area contributed by atoms with Crippen LogP contribution in [0, 0.1) is 5.92 Å². The molecule has 1 aliphatic rings. The Morgan fingerprint density at radius 2 is 2.00 bits per heavy atom. The zero-order chi connectivity index (χ0) is 11.7. The second-order valence-corrected chi connectivity index (χ2v) is 4.80. The summed E-state index contributed by atoms with van der Waals surface area (Å²) in [5, 5.41) is 1.24. The van der Waals surface area contributed by atoms with E-state index in [0.717, 1.165) is 26.1 Å². The monoisotopic (exact) mass is 266 g/mol. The molecule has 0 bridgehead atoms. The number of hydrogen-bond acceptors (Lipinski definition) is 2. The number of aromatic nitrogens is 1. The fourth-order valence-corrected chi connectivity index (χ4v) is 2.62. The first-order valence-electron chi connectivity index (χ1n) is 6.25. The van der Waals surface area contributed by atoms with Gasteiger partial charge < -0.3 is 15.5 Å². The summed E-state index contributed by atoms with van der Waals surface area (Å²) < 4.78 is 5.38. The van der Waals surface area contributed by atoms with Gasteiger partial charge in [-0.25, -0.2) is 0 Å². The molecule has 1 atom stereocenters. The van der Waals surface area contributed by atoms with Gasteiger partial charge in [0, 0.05) is 31.0 Å². The molecule has 3 N–H and O–H groups in total. The predicted octanol–water partition coefficient (Wildman–Crippen LogP) is 3.02.